The fourth-order valence-electron chi connectivity index (χ4n) is 2.05. The van der Waals surface area contributed by atoms with E-state index in [9.17, 15) is 14.7 Å². The fourth-order valence-corrected chi connectivity index (χ4v) is 2.05. The van der Waals surface area contributed by atoms with E-state index in [0.717, 1.165) is 5.39 Å². The molecule has 106 valence electrons. The maximum atomic E-state index is 11.4. The summed E-state index contributed by atoms with van der Waals surface area (Å²) in [5.74, 6) is -0.406. The molecule has 0 bridgehead atoms. The highest BCUT2D eigenvalue weighted by molar-refractivity contribution is 5.83. The quantitative estimate of drug-likeness (QED) is 0.868. The Balaban J connectivity index is 2.68. The van der Waals surface area contributed by atoms with E-state index < -0.39 is 17.0 Å². The molecule has 1 aromatic carbocycles. The SMILES string of the molecule is COc1ccc2ccc(=O)oc2c1CC(C)(C)C(=O)O. The van der Waals surface area contributed by atoms with Gasteiger partial charge in [0.2, 0.25) is 0 Å². The van der Waals surface area contributed by atoms with Gasteiger partial charge in [0.15, 0.2) is 0 Å². The van der Waals surface area contributed by atoms with Crippen molar-refractivity contribution in [3.05, 3.63) is 40.2 Å². The van der Waals surface area contributed by atoms with E-state index in [0.29, 0.717) is 16.9 Å². The normalized spacial score (nSPS) is 11.6. The molecule has 2 aromatic rings. The number of methoxy groups -OCH3 is 1. The van der Waals surface area contributed by atoms with Crippen LogP contribution < -0.4 is 10.4 Å². The maximum absolute atomic E-state index is 11.4. The number of hydrogen-bond donors (Lipinski definition) is 1. The first-order chi connectivity index (χ1) is 9.35. The summed E-state index contributed by atoms with van der Waals surface area (Å²) >= 11 is 0. The third kappa shape index (κ3) is 2.52. The standard InChI is InChI=1S/C15H16O5/c1-15(2,14(17)18)8-10-11(19-3)6-4-9-5-7-12(16)20-13(9)10/h4-7H,8H2,1-3H3,(H,17,18). The van der Waals surface area contributed by atoms with Gasteiger partial charge in [0, 0.05) is 17.0 Å². The molecule has 0 aliphatic rings. The minimum absolute atomic E-state index is 0.204. The summed E-state index contributed by atoms with van der Waals surface area (Å²) in [6.07, 6.45) is 0.204. The smallest absolute Gasteiger partial charge is 0.336 e. The van der Waals surface area contributed by atoms with Crippen LogP contribution in [0.1, 0.15) is 19.4 Å². The van der Waals surface area contributed by atoms with Gasteiger partial charge in [0.05, 0.1) is 12.5 Å². The number of ether oxygens (including phenoxy) is 1. The summed E-state index contributed by atoms with van der Waals surface area (Å²) in [5.41, 5.74) is -0.489. The molecule has 5 nitrogen and oxygen atoms in total. The Kier molecular flexibility index (Phi) is 3.53. The molecule has 0 fully saturated rings. The lowest BCUT2D eigenvalue weighted by Gasteiger charge is -2.21. The summed E-state index contributed by atoms with van der Waals surface area (Å²) in [6, 6.07) is 6.50. The molecule has 0 aliphatic carbocycles. The Morgan fingerprint density at radius 1 is 1.30 bits per heavy atom. The number of carbonyl (C=O) groups is 1. The molecule has 0 radical (unpaired) electrons. The molecule has 0 unspecified atom stereocenters. The number of carboxylic acids is 1. The van der Waals surface area contributed by atoms with Crippen LogP contribution in [0.15, 0.2) is 33.5 Å². The van der Waals surface area contributed by atoms with E-state index in [1.165, 1.54) is 13.2 Å². The molecule has 0 atom stereocenters. The van der Waals surface area contributed by atoms with Gasteiger partial charge in [-0.05, 0) is 38.5 Å². The highest BCUT2D eigenvalue weighted by atomic mass is 16.5. The van der Waals surface area contributed by atoms with Crippen molar-refractivity contribution < 1.29 is 19.1 Å². The Hall–Kier alpha value is -2.30. The van der Waals surface area contributed by atoms with Gasteiger partial charge < -0.3 is 14.3 Å². The Morgan fingerprint density at radius 3 is 2.55 bits per heavy atom. The highest BCUT2D eigenvalue weighted by Crippen LogP contribution is 2.33. The first kappa shape index (κ1) is 14.1. The van der Waals surface area contributed by atoms with Crippen molar-refractivity contribution >= 4 is 16.9 Å². The van der Waals surface area contributed by atoms with E-state index in [-0.39, 0.29) is 6.42 Å². The molecule has 0 amide bonds. The van der Waals surface area contributed by atoms with Crippen LogP contribution >= 0.6 is 0 Å². The van der Waals surface area contributed by atoms with Crippen molar-refractivity contribution in [2.45, 2.75) is 20.3 Å². The zero-order chi connectivity index (χ0) is 14.9. The second-order valence-corrected chi connectivity index (χ2v) is 5.28. The summed E-state index contributed by atoms with van der Waals surface area (Å²) < 4.78 is 10.5. The fraction of sp³-hybridized carbons (Fsp3) is 0.333. The second kappa shape index (κ2) is 5.00. The van der Waals surface area contributed by atoms with Crippen molar-refractivity contribution in [2.24, 2.45) is 5.41 Å². The highest BCUT2D eigenvalue weighted by Gasteiger charge is 2.30. The molecule has 1 heterocycles. The number of rotatable bonds is 4. The van der Waals surface area contributed by atoms with Gasteiger partial charge in [-0.15, -0.1) is 0 Å². The van der Waals surface area contributed by atoms with Crippen molar-refractivity contribution in [2.75, 3.05) is 7.11 Å². The molecule has 1 N–H and O–H groups in total. The molecular formula is C15H16O5. The van der Waals surface area contributed by atoms with E-state index in [1.54, 1.807) is 32.0 Å². The third-order valence-electron chi connectivity index (χ3n) is 3.27. The summed E-state index contributed by atoms with van der Waals surface area (Å²) in [4.78, 5) is 22.7. The van der Waals surface area contributed by atoms with Crippen molar-refractivity contribution in [1.82, 2.24) is 0 Å². The number of benzene rings is 1. The van der Waals surface area contributed by atoms with Gasteiger partial charge >= 0.3 is 11.6 Å². The van der Waals surface area contributed by atoms with Crippen LogP contribution in [0.25, 0.3) is 11.0 Å². The third-order valence-corrected chi connectivity index (χ3v) is 3.27. The van der Waals surface area contributed by atoms with E-state index in [2.05, 4.69) is 0 Å². The zero-order valence-corrected chi connectivity index (χ0v) is 11.6. The van der Waals surface area contributed by atoms with Crippen LogP contribution in [0.5, 0.6) is 5.75 Å². The first-order valence-electron chi connectivity index (χ1n) is 6.18. The van der Waals surface area contributed by atoms with E-state index in [4.69, 9.17) is 9.15 Å². The predicted octanol–water partition coefficient (Wildman–Crippen LogP) is 2.45. The van der Waals surface area contributed by atoms with Gasteiger partial charge in [-0.25, -0.2) is 4.79 Å². The lowest BCUT2D eigenvalue weighted by molar-refractivity contribution is -0.146. The van der Waals surface area contributed by atoms with Gasteiger partial charge in [0.1, 0.15) is 11.3 Å². The van der Waals surface area contributed by atoms with Crippen LogP contribution in [0.4, 0.5) is 0 Å². The van der Waals surface area contributed by atoms with Gasteiger partial charge in [-0.2, -0.15) is 0 Å². The minimum Gasteiger partial charge on any atom is -0.496 e. The molecule has 20 heavy (non-hydrogen) atoms. The van der Waals surface area contributed by atoms with Crippen LogP contribution in [-0.4, -0.2) is 18.2 Å². The molecule has 0 saturated heterocycles. The largest absolute Gasteiger partial charge is 0.496 e. The number of carboxylic acid groups (broad SMARTS) is 1. The summed E-state index contributed by atoms with van der Waals surface area (Å²) in [5, 5.41) is 10.00. The topological polar surface area (TPSA) is 76.7 Å². The van der Waals surface area contributed by atoms with E-state index >= 15 is 0 Å². The Bertz CT molecular complexity index is 712. The molecular weight excluding hydrogens is 260 g/mol. The molecule has 0 spiro atoms. The lowest BCUT2D eigenvalue weighted by Crippen LogP contribution is -2.26. The average molecular weight is 276 g/mol. The van der Waals surface area contributed by atoms with Gasteiger partial charge in [-0.1, -0.05) is 0 Å². The van der Waals surface area contributed by atoms with Crippen LogP contribution in [0.3, 0.4) is 0 Å². The van der Waals surface area contributed by atoms with Crippen LogP contribution in [-0.2, 0) is 11.2 Å². The number of aliphatic carboxylic acids is 1. The minimum atomic E-state index is -0.990. The van der Waals surface area contributed by atoms with Crippen molar-refractivity contribution in [3.8, 4) is 5.75 Å². The van der Waals surface area contributed by atoms with Gasteiger partial charge in [-0.3, -0.25) is 4.79 Å². The average Bonchev–Trinajstić information content (AvgIpc) is 2.39. The first-order valence-corrected chi connectivity index (χ1v) is 6.18. The Labute approximate surface area is 115 Å². The molecule has 2 rings (SSSR count). The molecule has 0 aliphatic heterocycles. The maximum Gasteiger partial charge on any atom is 0.336 e. The molecule has 5 heteroatoms. The number of hydrogen-bond acceptors (Lipinski definition) is 4. The monoisotopic (exact) mass is 276 g/mol. The van der Waals surface area contributed by atoms with E-state index in [1.807, 2.05) is 0 Å². The van der Waals surface area contributed by atoms with Gasteiger partial charge in [0.25, 0.3) is 0 Å². The second-order valence-electron chi connectivity index (χ2n) is 5.28. The van der Waals surface area contributed by atoms with Crippen LogP contribution in [0, 0.1) is 5.41 Å². The summed E-state index contributed by atoms with van der Waals surface area (Å²) in [6.45, 7) is 3.24. The predicted molar refractivity (Wildman–Crippen MR) is 74.2 cm³/mol. The van der Waals surface area contributed by atoms with Crippen molar-refractivity contribution in [1.29, 1.82) is 0 Å². The Morgan fingerprint density at radius 2 is 1.95 bits per heavy atom. The van der Waals surface area contributed by atoms with Crippen molar-refractivity contribution in [3.63, 3.8) is 0 Å². The zero-order valence-electron chi connectivity index (χ0n) is 11.6. The van der Waals surface area contributed by atoms with Crippen LogP contribution in [0.2, 0.25) is 0 Å². The lowest BCUT2D eigenvalue weighted by atomic mass is 9.85. The molecule has 1 aromatic heterocycles. The summed E-state index contributed by atoms with van der Waals surface area (Å²) in [7, 11) is 1.50. The number of fused-ring (bicyclic) bond motifs is 1. The molecule has 0 saturated carbocycles.